The highest BCUT2D eigenvalue weighted by atomic mass is 16.1. The molecule has 1 aliphatic rings. The molecule has 0 amide bonds. The Labute approximate surface area is 93.8 Å². The van der Waals surface area contributed by atoms with Gasteiger partial charge in [-0.05, 0) is 39.2 Å². The molecule has 0 aromatic rings. The number of hydrogen-bond donors (Lipinski definition) is 1. The van der Waals surface area contributed by atoms with Crippen molar-refractivity contribution in [3.8, 4) is 0 Å². The molecular formula is C13H25NO. The number of Topliss-reactive ketones (excluding diaryl/α,β-unsaturated/α-hetero) is 1. The summed E-state index contributed by atoms with van der Waals surface area (Å²) in [4.78, 5) is 12.3. The summed E-state index contributed by atoms with van der Waals surface area (Å²) < 4.78 is 0. The number of rotatable bonds is 4. The molecule has 0 atom stereocenters. The SMILES string of the molecule is CCNC(C)(C)C(=O)C1CCC(C)CC1. The number of likely N-dealkylation sites (N-methyl/N-ethyl adjacent to an activating group) is 1. The Morgan fingerprint density at radius 1 is 1.27 bits per heavy atom. The van der Waals surface area contributed by atoms with Crippen molar-refractivity contribution >= 4 is 5.78 Å². The van der Waals surface area contributed by atoms with E-state index >= 15 is 0 Å². The Kier molecular flexibility index (Phi) is 4.32. The molecule has 1 fully saturated rings. The second-order valence-electron chi connectivity index (χ2n) is 5.48. The van der Waals surface area contributed by atoms with Crippen LogP contribution in [0.2, 0.25) is 0 Å². The summed E-state index contributed by atoms with van der Waals surface area (Å²) in [6.45, 7) is 9.23. The zero-order valence-electron chi connectivity index (χ0n) is 10.6. The van der Waals surface area contributed by atoms with E-state index in [9.17, 15) is 4.79 Å². The summed E-state index contributed by atoms with van der Waals surface area (Å²) in [5.74, 6) is 1.53. The van der Waals surface area contributed by atoms with E-state index in [2.05, 4.69) is 19.2 Å². The lowest BCUT2D eigenvalue weighted by Crippen LogP contribution is -2.49. The van der Waals surface area contributed by atoms with Gasteiger partial charge in [0.15, 0.2) is 5.78 Å². The molecule has 2 nitrogen and oxygen atoms in total. The van der Waals surface area contributed by atoms with Crippen molar-refractivity contribution in [2.75, 3.05) is 6.54 Å². The van der Waals surface area contributed by atoms with Gasteiger partial charge in [-0.25, -0.2) is 0 Å². The van der Waals surface area contributed by atoms with Crippen LogP contribution in [0.4, 0.5) is 0 Å². The third-order valence-electron chi connectivity index (χ3n) is 3.62. The maximum atomic E-state index is 12.3. The zero-order chi connectivity index (χ0) is 11.5. The first-order chi connectivity index (χ1) is 6.97. The van der Waals surface area contributed by atoms with E-state index in [1.54, 1.807) is 0 Å². The van der Waals surface area contributed by atoms with E-state index in [4.69, 9.17) is 0 Å². The van der Waals surface area contributed by atoms with Crippen LogP contribution < -0.4 is 5.32 Å². The highest BCUT2D eigenvalue weighted by Crippen LogP contribution is 2.31. The summed E-state index contributed by atoms with van der Waals surface area (Å²) in [6, 6.07) is 0. The maximum absolute atomic E-state index is 12.3. The van der Waals surface area contributed by atoms with Gasteiger partial charge < -0.3 is 5.32 Å². The third kappa shape index (κ3) is 3.30. The number of nitrogens with one attached hydrogen (secondary N) is 1. The molecule has 0 aromatic carbocycles. The lowest BCUT2D eigenvalue weighted by Gasteiger charge is -2.32. The van der Waals surface area contributed by atoms with Crippen LogP contribution in [0.1, 0.15) is 53.4 Å². The van der Waals surface area contributed by atoms with Gasteiger partial charge >= 0.3 is 0 Å². The fourth-order valence-corrected chi connectivity index (χ4v) is 2.56. The Balaban J connectivity index is 2.53. The maximum Gasteiger partial charge on any atom is 0.155 e. The first-order valence-corrected chi connectivity index (χ1v) is 6.26. The molecule has 0 aliphatic heterocycles. The van der Waals surface area contributed by atoms with E-state index in [0.29, 0.717) is 11.7 Å². The highest BCUT2D eigenvalue weighted by molar-refractivity contribution is 5.89. The molecule has 1 rings (SSSR count). The fourth-order valence-electron chi connectivity index (χ4n) is 2.56. The summed E-state index contributed by atoms with van der Waals surface area (Å²) >= 11 is 0. The Bertz CT molecular complexity index is 215. The molecule has 1 saturated carbocycles. The molecule has 0 spiro atoms. The van der Waals surface area contributed by atoms with E-state index in [0.717, 1.165) is 25.3 Å². The van der Waals surface area contributed by atoms with Gasteiger partial charge in [0, 0.05) is 5.92 Å². The summed E-state index contributed by atoms with van der Waals surface area (Å²) in [5, 5.41) is 3.28. The zero-order valence-corrected chi connectivity index (χ0v) is 10.6. The topological polar surface area (TPSA) is 29.1 Å². The number of carbonyl (C=O) groups is 1. The molecule has 0 radical (unpaired) electrons. The Hall–Kier alpha value is -0.370. The predicted octanol–water partition coefficient (Wildman–Crippen LogP) is 2.77. The molecular weight excluding hydrogens is 186 g/mol. The van der Waals surface area contributed by atoms with Crippen LogP contribution >= 0.6 is 0 Å². The lowest BCUT2D eigenvalue weighted by molar-refractivity contribution is -0.129. The van der Waals surface area contributed by atoms with Crippen molar-refractivity contribution in [2.45, 2.75) is 58.9 Å². The lowest BCUT2D eigenvalue weighted by atomic mass is 9.76. The van der Waals surface area contributed by atoms with Gasteiger partial charge in [0.2, 0.25) is 0 Å². The summed E-state index contributed by atoms with van der Waals surface area (Å²) in [6.07, 6.45) is 4.63. The average Bonchev–Trinajstić information content (AvgIpc) is 2.18. The summed E-state index contributed by atoms with van der Waals surface area (Å²) in [7, 11) is 0. The first kappa shape index (κ1) is 12.7. The summed E-state index contributed by atoms with van der Waals surface area (Å²) in [5.41, 5.74) is -0.333. The largest absolute Gasteiger partial charge is 0.306 e. The molecule has 0 saturated heterocycles. The van der Waals surface area contributed by atoms with Gasteiger partial charge in [0.25, 0.3) is 0 Å². The first-order valence-electron chi connectivity index (χ1n) is 6.26. The second-order valence-corrected chi connectivity index (χ2v) is 5.48. The third-order valence-corrected chi connectivity index (χ3v) is 3.62. The van der Waals surface area contributed by atoms with Gasteiger partial charge in [-0.2, -0.15) is 0 Å². The molecule has 88 valence electrons. The number of carbonyl (C=O) groups excluding carboxylic acids is 1. The van der Waals surface area contributed by atoms with Crippen molar-refractivity contribution in [3.05, 3.63) is 0 Å². The number of ketones is 1. The molecule has 1 N–H and O–H groups in total. The van der Waals surface area contributed by atoms with Crippen LogP contribution in [0.5, 0.6) is 0 Å². The Morgan fingerprint density at radius 2 is 1.80 bits per heavy atom. The van der Waals surface area contributed by atoms with Crippen LogP contribution in [0.3, 0.4) is 0 Å². The van der Waals surface area contributed by atoms with Crippen molar-refractivity contribution in [1.82, 2.24) is 5.32 Å². The van der Waals surface area contributed by atoms with Crippen LogP contribution in [0, 0.1) is 11.8 Å². The minimum atomic E-state index is -0.333. The molecule has 15 heavy (non-hydrogen) atoms. The van der Waals surface area contributed by atoms with Gasteiger partial charge in [0.05, 0.1) is 5.54 Å². The minimum Gasteiger partial charge on any atom is -0.306 e. The molecule has 1 aliphatic carbocycles. The normalized spacial score (nSPS) is 27.7. The molecule has 0 heterocycles. The van der Waals surface area contributed by atoms with Crippen molar-refractivity contribution in [2.24, 2.45) is 11.8 Å². The van der Waals surface area contributed by atoms with Gasteiger partial charge in [-0.3, -0.25) is 4.79 Å². The molecule has 0 unspecified atom stereocenters. The van der Waals surface area contributed by atoms with E-state index < -0.39 is 0 Å². The van der Waals surface area contributed by atoms with E-state index in [1.807, 2.05) is 13.8 Å². The monoisotopic (exact) mass is 211 g/mol. The molecule has 2 heteroatoms. The highest BCUT2D eigenvalue weighted by Gasteiger charge is 2.34. The van der Waals surface area contributed by atoms with Gasteiger partial charge in [-0.15, -0.1) is 0 Å². The van der Waals surface area contributed by atoms with E-state index in [-0.39, 0.29) is 5.54 Å². The van der Waals surface area contributed by atoms with Gasteiger partial charge in [0.1, 0.15) is 0 Å². The Morgan fingerprint density at radius 3 is 2.27 bits per heavy atom. The van der Waals surface area contributed by atoms with Crippen LogP contribution in [0.25, 0.3) is 0 Å². The van der Waals surface area contributed by atoms with Crippen molar-refractivity contribution in [3.63, 3.8) is 0 Å². The smallest absolute Gasteiger partial charge is 0.155 e. The second kappa shape index (κ2) is 5.11. The molecule has 0 aromatic heterocycles. The average molecular weight is 211 g/mol. The van der Waals surface area contributed by atoms with Gasteiger partial charge in [-0.1, -0.05) is 26.7 Å². The van der Waals surface area contributed by atoms with Crippen molar-refractivity contribution in [1.29, 1.82) is 0 Å². The standard InChI is InChI=1S/C13H25NO/c1-5-14-13(3,4)12(15)11-8-6-10(2)7-9-11/h10-11,14H,5-9H2,1-4H3. The number of hydrogen-bond acceptors (Lipinski definition) is 2. The van der Waals surface area contributed by atoms with Crippen LogP contribution in [-0.2, 0) is 4.79 Å². The quantitative estimate of drug-likeness (QED) is 0.774. The van der Waals surface area contributed by atoms with E-state index in [1.165, 1.54) is 12.8 Å². The minimum absolute atomic E-state index is 0.301. The van der Waals surface area contributed by atoms with Crippen LogP contribution in [-0.4, -0.2) is 17.9 Å². The molecule has 0 bridgehead atoms. The predicted molar refractivity (Wildman–Crippen MR) is 63.9 cm³/mol. The van der Waals surface area contributed by atoms with Crippen LogP contribution in [0.15, 0.2) is 0 Å². The van der Waals surface area contributed by atoms with Crippen molar-refractivity contribution < 1.29 is 4.79 Å². The fraction of sp³-hybridized carbons (Fsp3) is 0.923.